The number of esters is 1. The number of carbonyl (C=O) groups is 1. The maximum absolute atomic E-state index is 12.2. The third kappa shape index (κ3) is 2.16. The second-order valence-corrected chi connectivity index (χ2v) is 4.45. The highest BCUT2D eigenvalue weighted by Crippen LogP contribution is 2.09. The summed E-state index contributed by atoms with van der Waals surface area (Å²) in [5, 5.41) is 0.288. The van der Waals surface area contributed by atoms with Gasteiger partial charge < -0.3 is 14.3 Å². The van der Waals surface area contributed by atoms with Crippen molar-refractivity contribution in [1.82, 2.24) is 9.55 Å². The van der Waals surface area contributed by atoms with E-state index in [1.807, 2.05) is 13.8 Å². The molecule has 0 unspecified atom stereocenters. The zero-order valence-electron chi connectivity index (χ0n) is 10.9. The molecule has 2 heterocycles. The average molecular weight is 262 g/mol. The second-order valence-electron chi connectivity index (χ2n) is 4.45. The highest BCUT2D eigenvalue weighted by atomic mass is 16.5. The van der Waals surface area contributed by atoms with Gasteiger partial charge in [0.2, 0.25) is 0 Å². The van der Waals surface area contributed by atoms with E-state index in [4.69, 9.17) is 0 Å². The van der Waals surface area contributed by atoms with Crippen molar-refractivity contribution in [3.8, 4) is 0 Å². The van der Waals surface area contributed by atoms with E-state index in [0.717, 1.165) is 0 Å². The minimum atomic E-state index is -0.762. The fourth-order valence-electron chi connectivity index (χ4n) is 1.88. The molecule has 0 fully saturated rings. The molecule has 1 N–H and O–H groups in total. The van der Waals surface area contributed by atoms with E-state index in [2.05, 4.69) is 9.72 Å². The fourth-order valence-corrected chi connectivity index (χ4v) is 1.88. The molecule has 0 bridgehead atoms. The molecule has 6 heteroatoms. The smallest absolute Gasteiger partial charge is 0.343 e. The summed E-state index contributed by atoms with van der Waals surface area (Å²) >= 11 is 0. The number of rotatable bonds is 2. The van der Waals surface area contributed by atoms with Gasteiger partial charge in [0.1, 0.15) is 5.56 Å². The van der Waals surface area contributed by atoms with E-state index in [-0.39, 0.29) is 22.6 Å². The van der Waals surface area contributed by atoms with Crippen LogP contribution in [0.2, 0.25) is 0 Å². The number of ether oxygens (including phenoxy) is 1. The fraction of sp³-hybridized carbons (Fsp3) is 0.308. The summed E-state index contributed by atoms with van der Waals surface area (Å²) in [6, 6.07) is 2.91. The summed E-state index contributed by atoms with van der Waals surface area (Å²) in [6.07, 6.45) is 1.61. The van der Waals surface area contributed by atoms with Gasteiger partial charge in [0.25, 0.3) is 11.1 Å². The molecule has 0 spiro atoms. The highest BCUT2D eigenvalue weighted by molar-refractivity contribution is 5.93. The normalized spacial score (nSPS) is 10.9. The predicted molar refractivity (Wildman–Crippen MR) is 70.6 cm³/mol. The van der Waals surface area contributed by atoms with E-state index >= 15 is 0 Å². The van der Waals surface area contributed by atoms with E-state index in [1.165, 1.54) is 17.7 Å². The van der Waals surface area contributed by atoms with Gasteiger partial charge in [-0.3, -0.25) is 9.59 Å². The minimum Gasteiger partial charge on any atom is -0.465 e. The van der Waals surface area contributed by atoms with Crippen molar-refractivity contribution in [3.05, 3.63) is 44.6 Å². The van der Waals surface area contributed by atoms with Crippen molar-refractivity contribution in [2.24, 2.45) is 0 Å². The van der Waals surface area contributed by atoms with Crippen LogP contribution in [0, 0.1) is 0 Å². The second kappa shape index (κ2) is 4.72. The lowest BCUT2D eigenvalue weighted by Crippen LogP contribution is -2.25. The van der Waals surface area contributed by atoms with Crippen LogP contribution < -0.4 is 11.1 Å². The van der Waals surface area contributed by atoms with Crippen LogP contribution in [-0.2, 0) is 4.74 Å². The van der Waals surface area contributed by atoms with Crippen LogP contribution in [0.3, 0.4) is 0 Å². The summed E-state index contributed by atoms with van der Waals surface area (Å²) in [5.41, 5.74) is -0.594. The molecule has 6 nitrogen and oxygen atoms in total. The molecule has 0 aliphatic rings. The lowest BCUT2D eigenvalue weighted by molar-refractivity contribution is 0.0599. The van der Waals surface area contributed by atoms with Crippen molar-refractivity contribution in [2.45, 2.75) is 19.9 Å². The number of nitrogens with one attached hydrogen (secondary N) is 1. The number of hydrogen-bond acceptors (Lipinski definition) is 4. The summed E-state index contributed by atoms with van der Waals surface area (Å²) in [6.45, 7) is 3.75. The molecule has 2 aromatic rings. The lowest BCUT2D eigenvalue weighted by Gasteiger charge is -2.10. The van der Waals surface area contributed by atoms with E-state index in [9.17, 15) is 14.4 Å². The van der Waals surface area contributed by atoms with E-state index < -0.39 is 11.5 Å². The summed E-state index contributed by atoms with van der Waals surface area (Å²) in [7, 11) is 1.18. The maximum atomic E-state index is 12.2. The van der Waals surface area contributed by atoms with Gasteiger partial charge in [-0.25, -0.2) is 4.79 Å². The molecule has 19 heavy (non-hydrogen) atoms. The zero-order valence-corrected chi connectivity index (χ0v) is 10.9. The Morgan fingerprint density at radius 1 is 1.37 bits per heavy atom. The standard InChI is InChI=1S/C13H14N2O4/c1-7(2)15-5-4-10-8(12(15)17)6-9(11(16)14-10)13(18)19-3/h4-7H,1-3H3,(H,14,16). The molecule has 0 atom stereocenters. The first-order valence-corrected chi connectivity index (χ1v) is 5.82. The Kier molecular flexibility index (Phi) is 3.25. The van der Waals surface area contributed by atoms with Crippen molar-refractivity contribution in [3.63, 3.8) is 0 Å². The van der Waals surface area contributed by atoms with Gasteiger partial charge in [-0.15, -0.1) is 0 Å². The van der Waals surface area contributed by atoms with Crippen LogP contribution in [0.15, 0.2) is 27.9 Å². The van der Waals surface area contributed by atoms with Gasteiger partial charge in [-0.2, -0.15) is 0 Å². The Morgan fingerprint density at radius 2 is 2.05 bits per heavy atom. The van der Waals surface area contributed by atoms with Crippen LogP contribution >= 0.6 is 0 Å². The van der Waals surface area contributed by atoms with E-state index in [0.29, 0.717) is 5.52 Å². The molecule has 2 rings (SSSR count). The number of fused-ring (bicyclic) bond motifs is 1. The third-order valence-electron chi connectivity index (χ3n) is 2.90. The topological polar surface area (TPSA) is 81.2 Å². The van der Waals surface area contributed by atoms with Crippen molar-refractivity contribution in [2.75, 3.05) is 7.11 Å². The number of nitrogens with zero attached hydrogens (tertiary/aromatic N) is 1. The largest absolute Gasteiger partial charge is 0.465 e. The molecule has 0 saturated carbocycles. The van der Waals surface area contributed by atoms with Crippen LogP contribution in [-0.4, -0.2) is 22.6 Å². The van der Waals surface area contributed by atoms with Crippen LogP contribution in [0.5, 0.6) is 0 Å². The zero-order chi connectivity index (χ0) is 14.2. The molecule has 0 saturated heterocycles. The van der Waals surface area contributed by atoms with Gasteiger partial charge in [0.15, 0.2) is 0 Å². The summed E-state index contributed by atoms with van der Waals surface area (Å²) in [5.74, 6) is -0.762. The van der Waals surface area contributed by atoms with Crippen LogP contribution in [0.25, 0.3) is 10.9 Å². The van der Waals surface area contributed by atoms with Crippen LogP contribution in [0.4, 0.5) is 0 Å². The van der Waals surface area contributed by atoms with Crippen molar-refractivity contribution < 1.29 is 9.53 Å². The Hall–Kier alpha value is -2.37. The molecule has 2 aromatic heterocycles. The maximum Gasteiger partial charge on any atom is 0.343 e. The minimum absolute atomic E-state index is 0.00888. The molecule has 0 aliphatic carbocycles. The Morgan fingerprint density at radius 3 is 2.63 bits per heavy atom. The molecule has 0 aliphatic heterocycles. The molecular formula is C13H14N2O4. The predicted octanol–water partition coefficient (Wildman–Crippen LogP) is 1.06. The number of aromatic amines is 1. The molecule has 0 aromatic carbocycles. The van der Waals surface area contributed by atoms with Crippen molar-refractivity contribution in [1.29, 1.82) is 0 Å². The monoisotopic (exact) mass is 262 g/mol. The van der Waals surface area contributed by atoms with Crippen molar-refractivity contribution >= 4 is 16.9 Å². The Bertz CT molecular complexity index is 755. The number of methoxy groups -OCH3 is 1. The van der Waals surface area contributed by atoms with Gasteiger partial charge >= 0.3 is 5.97 Å². The number of aromatic nitrogens is 2. The first-order chi connectivity index (χ1) is 8.95. The summed E-state index contributed by atoms with van der Waals surface area (Å²) < 4.78 is 6.05. The first-order valence-electron chi connectivity index (χ1n) is 5.82. The van der Waals surface area contributed by atoms with Gasteiger partial charge in [0.05, 0.1) is 18.0 Å². The van der Waals surface area contributed by atoms with Crippen LogP contribution in [0.1, 0.15) is 30.2 Å². The van der Waals surface area contributed by atoms with Gasteiger partial charge in [-0.05, 0) is 26.0 Å². The Labute approximate surface area is 108 Å². The lowest BCUT2D eigenvalue weighted by atomic mass is 10.2. The quantitative estimate of drug-likeness (QED) is 0.820. The van der Waals surface area contributed by atoms with Gasteiger partial charge in [-0.1, -0.05) is 0 Å². The SMILES string of the molecule is COC(=O)c1cc2c(=O)n(C(C)C)ccc2[nH]c1=O. The molecule has 0 radical (unpaired) electrons. The number of H-pyrrole nitrogens is 1. The Balaban J connectivity index is 2.82. The first kappa shape index (κ1) is 13.1. The van der Waals surface area contributed by atoms with Gasteiger partial charge in [0, 0.05) is 12.2 Å². The van der Waals surface area contributed by atoms with E-state index in [1.54, 1.807) is 12.3 Å². The summed E-state index contributed by atoms with van der Waals surface area (Å²) in [4.78, 5) is 37.9. The highest BCUT2D eigenvalue weighted by Gasteiger charge is 2.14. The number of carbonyl (C=O) groups excluding carboxylic acids is 1. The number of hydrogen-bond donors (Lipinski definition) is 1. The molecule has 100 valence electrons. The molecule has 0 amide bonds. The third-order valence-corrected chi connectivity index (χ3v) is 2.90. The average Bonchev–Trinajstić information content (AvgIpc) is 2.37. The number of pyridine rings is 2. The molecular weight excluding hydrogens is 248 g/mol.